The minimum Gasteiger partial charge on any atom is -0.476 e. The lowest BCUT2D eigenvalue weighted by Crippen LogP contribution is -2.32. The number of fused-ring (bicyclic) bond motifs is 2. The van der Waals surface area contributed by atoms with E-state index in [9.17, 15) is 14.7 Å². The third kappa shape index (κ3) is 4.33. The van der Waals surface area contributed by atoms with E-state index in [1.54, 1.807) is 6.07 Å². The third-order valence-corrected chi connectivity index (χ3v) is 7.73. The Bertz CT molecular complexity index is 1380. The summed E-state index contributed by atoms with van der Waals surface area (Å²) in [6.07, 6.45) is 6.70. The largest absolute Gasteiger partial charge is 0.476 e. The van der Waals surface area contributed by atoms with E-state index < -0.39 is 5.97 Å². The predicted molar refractivity (Wildman–Crippen MR) is 132 cm³/mol. The van der Waals surface area contributed by atoms with Gasteiger partial charge in [-0.1, -0.05) is 41.4 Å². The van der Waals surface area contributed by atoms with Crippen molar-refractivity contribution < 1.29 is 19.8 Å². The van der Waals surface area contributed by atoms with E-state index in [-0.39, 0.29) is 18.2 Å². The molecule has 10 heteroatoms. The summed E-state index contributed by atoms with van der Waals surface area (Å²) >= 11 is 2.68. The number of amides is 1. The lowest BCUT2D eigenvalue weighted by Gasteiger charge is -2.29. The number of carboxylic acids is 1. The monoisotopic (exact) mass is 492 g/mol. The number of thiazole rings is 2. The quantitative estimate of drug-likeness (QED) is 0.478. The van der Waals surface area contributed by atoms with Crippen LogP contribution in [0.1, 0.15) is 53.8 Å². The molecule has 1 aliphatic carbocycles. The van der Waals surface area contributed by atoms with E-state index in [4.69, 9.17) is 5.11 Å². The molecule has 34 heavy (non-hydrogen) atoms. The van der Waals surface area contributed by atoms with Crippen LogP contribution in [0.3, 0.4) is 0 Å². The summed E-state index contributed by atoms with van der Waals surface area (Å²) in [6.45, 7) is 0.707. The highest BCUT2D eigenvalue weighted by atomic mass is 32.1. The summed E-state index contributed by atoms with van der Waals surface area (Å²) in [5.41, 5.74) is 3.34. The SMILES string of the molecule is O=C(Nc1nc2c(s1)CCC=C2)c1cccc2c1CN(c1nc(C(=O)O)c(C#CCO)s1)CC2. The molecule has 2 aromatic heterocycles. The average Bonchev–Trinajstić information content (AvgIpc) is 3.45. The van der Waals surface area contributed by atoms with Crippen molar-refractivity contribution in [2.24, 2.45) is 0 Å². The standard InChI is InChI=1S/C24H20N4O4S2/c29-12-4-9-19-20(22(31)32)26-24(34-19)28-11-10-14-5-3-6-15(16(14)13-28)21(30)27-23-25-17-7-1-2-8-18(17)33-23/h1,3,5-7,29H,2,8,10-13H2,(H,31,32)(H,25,27,30). The van der Waals surface area contributed by atoms with Crippen LogP contribution in [0.5, 0.6) is 0 Å². The first kappa shape index (κ1) is 22.3. The summed E-state index contributed by atoms with van der Waals surface area (Å²) in [4.78, 5) is 37.1. The Labute approximate surface area is 203 Å². The van der Waals surface area contributed by atoms with Gasteiger partial charge >= 0.3 is 5.97 Å². The van der Waals surface area contributed by atoms with Crippen molar-refractivity contribution in [2.75, 3.05) is 23.4 Å². The molecule has 2 aliphatic rings. The Hall–Kier alpha value is -3.52. The molecule has 1 aromatic carbocycles. The maximum atomic E-state index is 13.2. The first-order valence-corrected chi connectivity index (χ1v) is 12.3. The number of aryl methyl sites for hydroxylation is 1. The van der Waals surface area contributed by atoms with Gasteiger partial charge in [0.2, 0.25) is 0 Å². The first-order chi connectivity index (χ1) is 16.5. The number of hydrogen-bond acceptors (Lipinski definition) is 8. The maximum absolute atomic E-state index is 13.2. The van der Waals surface area contributed by atoms with Gasteiger partial charge in [-0.15, -0.1) is 11.3 Å². The van der Waals surface area contributed by atoms with Crippen molar-refractivity contribution >= 4 is 50.9 Å². The fraction of sp³-hybridized carbons (Fsp3) is 0.250. The van der Waals surface area contributed by atoms with Crippen molar-refractivity contribution in [1.82, 2.24) is 9.97 Å². The van der Waals surface area contributed by atoms with Crippen molar-refractivity contribution in [3.63, 3.8) is 0 Å². The van der Waals surface area contributed by atoms with Crippen LogP contribution in [-0.2, 0) is 19.4 Å². The molecular formula is C24H20N4O4S2. The van der Waals surface area contributed by atoms with Gasteiger partial charge < -0.3 is 15.1 Å². The van der Waals surface area contributed by atoms with Crippen LogP contribution in [0.4, 0.5) is 10.3 Å². The summed E-state index contributed by atoms with van der Waals surface area (Å²) in [7, 11) is 0. The summed E-state index contributed by atoms with van der Waals surface area (Å²) < 4.78 is 0. The van der Waals surface area contributed by atoms with Gasteiger partial charge in [0.1, 0.15) is 11.5 Å². The number of allylic oxidation sites excluding steroid dienone is 1. The molecule has 1 aliphatic heterocycles. The van der Waals surface area contributed by atoms with Crippen molar-refractivity contribution in [3.8, 4) is 11.8 Å². The van der Waals surface area contributed by atoms with E-state index in [1.165, 1.54) is 27.6 Å². The Morgan fingerprint density at radius 1 is 1.21 bits per heavy atom. The van der Waals surface area contributed by atoms with Crippen LogP contribution in [0.15, 0.2) is 24.3 Å². The molecule has 0 radical (unpaired) electrons. The van der Waals surface area contributed by atoms with Gasteiger partial charge in [0.25, 0.3) is 5.91 Å². The van der Waals surface area contributed by atoms with E-state index in [1.807, 2.05) is 23.1 Å². The Morgan fingerprint density at radius 2 is 2.09 bits per heavy atom. The van der Waals surface area contributed by atoms with Crippen molar-refractivity contribution in [3.05, 3.63) is 62.1 Å². The van der Waals surface area contributed by atoms with Gasteiger partial charge in [-0.05, 0) is 42.5 Å². The van der Waals surface area contributed by atoms with E-state index in [0.29, 0.717) is 40.2 Å². The van der Waals surface area contributed by atoms with Crippen LogP contribution in [0.2, 0.25) is 0 Å². The lowest BCUT2D eigenvalue weighted by molar-refractivity contribution is 0.0691. The van der Waals surface area contributed by atoms with Crippen LogP contribution in [0, 0.1) is 11.8 Å². The first-order valence-electron chi connectivity index (χ1n) is 10.7. The van der Waals surface area contributed by atoms with Crippen LogP contribution in [0.25, 0.3) is 6.08 Å². The normalized spacial score (nSPS) is 14.1. The summed E-state index contributed by atoms with van der Waals surface area (Å²) in [6, 6.07) is 5.69. The highest BCUT2D eigenvalue weighted by Gasteiger charge is 2.26. The lowest BCUT2D eigenvalue weighted by atomic mass is 9.94. The molecule has 0 spiro atoms. The van der Waals surface area contributed by atoms with Gasteiger partial charge in [-0.25, -0.2) is 14.8 Å². The molecule has 0 fully saturated rings. The maximum Gasteiger partial charge on any atom is 0.356 e. The third-order valence-electron chi connectivity index (χ3n) is 5.65. The van der Waals surface area contributed by atoms with Gasteiger partial charge in [0.15, 0.2) is 16.0 Å². The van der Waals surface area contributed by atoms with E-state index >= 15 is 0 Å². The Balaban J connectivity index is 1.41. The van der Waals surface area contributed by atoms with E-state index in [2.05, 4.69) is 33.2 Å². The molecule has 3 heterocycles. The van der Waals surface area contributed by atoms with Gasteiger partial charge in [-0.3, -0.25) is 10.1 Å². The zero-order chi connectivity index (χ0) is 23.7. The number of carbonyl (C=O) groups is 2. The Morgan fingerprint density at radius 3 is 2.88 bits per heavy atom. The second-order valence-electron chi connectivity index (χ2n) is 7.78. The minimum absolute atomic E-state index is 0.125. The molecule has 0 bridgehead atoms. The number of rotatable bonds is 4. The number of nitrogens with one attached hydrogen (secondary N) is 1. The predicted octanol–water partition coefficient (Wildman–Crippen LogP) is 3.42. The molecule has 0 saturated heterocycles. The zero-order valence-corrected chi connectivity index (χ0v) is 19.6. The molecule has 0 atom stereocenters. The number of aliphatic hydroxyl groups is 1. The molecule has 0 saturated carbocycles. The molecule has 0 unspecified atom stereocenters. The molecule has 1 amide bonds. The van der Waals surface area contributed by atoms with Crippen molar-refractivity contribution in [2.45, 2.75) is 25.8 Å². The average molecular weight is 493 g/mol. The second-order valence-corrected chi connectivity index (χ2v) is 9.84. The fourth-order valence-corrected chi connectivity index (χ4v) is 5.97. The van der Waals surface area contributed by atoms with Crippen LogP contribution >= 0.6 is 22.7 Å². The van der Waals surface area contributed by atoms with Crippen LogP contribution < -0.4 is 10.2 Å². The van der Waals surface area contributed by atoms with Crippen LogP contribution in [-0.4, -0.2) is 45.2 Å². The number of hydrogen-bond donors (Lipinski definition) is 3. The number of anilines is 2. The Kier molecular flexibility index (Phi) is 6.15. The number of nitrogens with zero attached hydrogens (tertiary/aromatic N) is 3. The van der Waals surface area contributed by atoms with Crippen molar-refractivity contribution in [1.29, 1.82) is 0 Å². The minimum atomic E-state index is -1.16. The fourth-order valence-electron chi connectivity index (χ4n) is 4.05. The number of aromatic carboxylic acids is 1. The van der Waals surface area contributed by atoms with Gasteiger partial charge in [0.05, 0.1) is 5.69 Å². The number of aromatic nitrogens is 2. The molecule has 172 valence electrons. The van der Waals surface area contributed by atoms with Gasteiger partial charge in [-0.2, -0.15) is 0 Å². The summed E-state index contributed by atoms with van der Waals surface area (Å²) in [5.74, 6) is 3.79. The molecule has 3 N–H and O–H groups in total. The topological polar surface area (TPSA) is 116 Å². The molecule has 3 aromatic rings. The number of carbonyl (C=O) groups excluding carboxylic acids is 1. The number of carboxylic acid groups (broad SMARTS) is 1. The highest BCUT2D eigenvalue weighted by Crippen LogP contribution is 2.33. The zero-order valence-electron chi connectivity index (χ0n) is 18.0. The number of benzene rings is 1. The van der Waals surface area contributed by atoms with Gasteiger partial charge in [0, 0.05) is 23.5 Å². The number of aliphatic hydroxyl groups excluding tert-OH is 1. The smallest absolute Gasteiger partial charge is 0.356 e. The van der Waals surface area contributed by atoms with E-state index in [0.717, 1.165) is 29.7 Å². The second kappa shape index (κ2) is 9.38. The molecule has 5 rings (SSSR count). The molecule has 8 nitrogen and oxygen atoms in total. The summed E-state index contributed by atoms with van der Waals surface area (Å²) in [5, 5.41) is 22.5. The highest BCUT2D eigenvalue weighted by molar-refractivity contribution is 7.16. The molecular weight excluding hydrogens is 472 g/mol.